The van der Waals surface area contributed by atoms with E-state index in [4.69, 9.17) is 0 Å². The molecule has 0 spiro atoms. The van der Waals surface area contributed by atoms with Crippen molar-refractivity contribution in [1.82, 2.24) is 15.1 Å². The zero-order valence-electron chi connectivity index (χ0n) is 20.4. The molecule has 1 unspecified atom stereocenters. The molecule has 3 aliphatic heterocycles. The molecule has 1 atom stereocenters. The highest BCUT2D eigenvalue weighted by Crippen LogP contribution is 2.34. The number of fused-ring (bicyclic) bond motifs is 1. The number of amides is 3. The zero-order valence-corrected chi connectivity index (χ0v) is 21.2. The molecule has 4 rings (SSSR count). The van der Waals surface area contributed by atoms with E-state index in [-0.39, 0.29) is 24.1 Å². The summed E-state index contributed by atoms with van der Waals surface area (Å²) in [6.07, 6.45) is 14.0. The molecule has 1 N–H and O–H groups in total. The second-order valence-electron chi connectivity index (χ2n) is 9.91. The number of imide groups is 1. The molecule has 0 aliphatic carbocycles. The average Bonchev–Trinajstić information content (AvgIpc) is 3.14. The predicted octanol–water partition coefficient (Wildman–Crippen LogP) is 4.76. The molecule has 2 saturated heterocycles. The Hall–Kier alpha value is -1.86. The average molecular weight is 486 g/mol. The quantitative estimate of drug-likeness (QED) is 0.294. The minimum atomic E-state index is -0.547. The topological polar surface area (TPSA) is 69.7 Å². The number of likely N-dealkylation sites (tertiary alicyclic amines) is 1. The van der Waals surface area contributed by atoms with Crippen LogP contribution in [0.25, 0.3) is 0 Å². The number of nitrogens with zero attached hydrogens (tertiary/aromatic N) is 2. The van der Waals surface area contributed by atoms with Gasteiger partial charge in [-0.2, -0.15) is 0 Å². The van der Waals surface area contributed by atoms with Gasteiger partial charge >= 0.3 is 0 Å². The van der Waals surface area contributed by atoms with E-state index in [0.717, 1.165) is 16.2 Å². The fourth-order valence-corrected chi connectivity index (χ4v) is 6.47. The summed E-state index contributed by atoms with van der Waals surface area (Å²) in [6, 6.07) is 5.35. The van der Waals surface area contributed by atoms with E-state index < -0.39 is 6.04 Å². The van der Waals surface area contributed by atoms with E-state index in [9.17, 15) is 14.4 Å². The molecule has 0 saturated carbocycles. The van der Waals surface area contributed by atoms with Crippen LogP contribution in [0, 0.1) is 0 Å². The molecule has 3 aliphatic rings. The fraction of sp³-hybridized carbons (Fsp3) is 0.667. The highest BCUT2D eigenvalue weighted by Gasteiger charge is 2.39. The van der Waals surface area contributed by atoms with Crippen LogP contribution in [0.5, 0.6) is 0 Å². The number of thioether (sulfide) groups is 1. The van der Waals surface area contributed by atoms with E-state index >= 15 is 0 Å². The maximum atomic E-state index is 13.0. The van der Waals surface area contributed by atoms with Crippen LogP contribution < -0.4 is 5.32 Å². The van der Waals surface area contributed by atoms with Crippen LogP contribution >= 0.6 is 11.8 Å². The van der Waals surface area contributed by atoms with E-state index in [1.165, 1.54) is 83.8 Å². The Bertz CT molecular complexity index is 867. The van der Waals surface area contributed by atoms with E-state index in [1.807, 2.05) is 23.9 Å². The lowest BCUT2D eigenvalue weighted by Crippen LogP contribution is -2.52. The van der Waals surface area contributed by atoms with Gasteiger partial charge in [-0.05, 0) is 75.2 Å². The maximum absolute atomic E-state index is 13.0. The number of piperidine rings is 1. The Balaban J connectivity index is 1.16. The van der Waals surface area contributed by atoms with Gasteiger partial charge < -0.3 is 9.80 Å². The largest absolute Gasteiger partial charge is 0.322 e. The Morgan fingerprint density at radius 1 is 0.912 bits per heavy atom. The van der Waals surface area contributed by atoms with Crippen molar-refractivity contribution in [3.05, 3.63) is 29.3 Å². The molecule has 6 nitrogen and oxygen atoms in total. The lowest BCUT2D eigenvalue weighted by Gasteiger charge is -2.29. The van der Waals surface area contributed by atoms with Crippen molar-refractivity contribution in [2.75, 3.05) is 25.4 Å². The summed E-state index contributed by atoms with van der Waals surface area (Å²) in [4.78, 5) is 42.2. The molecule has 7 heteroatoms. The lowest BCUT2D eigenvalue weighted by molar-refractivity contribution is -0.136. The summed E-state index contributed by atoms with van der Waals surface area (Å²) >= 11 is 1.83. The highest BCUT2D eigenvalue weighted by molar-refractivity contribution is 7.99. The predicted molar refractivity (Wildman–Crippen MR) is 136 cm³/mol. The first-order valence-electron chi connectivity index (χ1n) is 13.2. The number of carbonyl (C=O) groups is 3. The molecular weight excluding hydrogens is 446 g/mol. The molecule has 3 heterocycles. The molecule has 34 heavy (non-hydrogen) atoms. The summed E-state index contributed by atoms with van der Waals surface area (Å²) in [5.74, 6) is 0.360. The summed E-state index contributed by atoms with van der Waals surface area (Å²) < 4.78 is 0. The molecule has 2 fully saturated rings. The Morgan fingerprint density at radius 2 is 1.65 bits per heavy atom. The van der Waals surface area contributed by atoms with Gasteiger partial charge in [-0.1, -0.05) is 44.6 Å². The third kappa shape index (κ3) is 6.63. The van der Waals surface area contributed by atoms with Crippen LogP contribution in [-0.2, 0) is 16.1 Å². The smallest absolute Gasteiger partial charge is 0.255 e. The lowest BCUT2D eigenvalue weighted by atomic mass is 10.0. The molecule has 0 radical (unpaired) electrons. The van der Waals surface area contributed by atoms with Crippen LogP contribution in [0.1, 0.15) is 93.0 Å². The van der Waals surface area contributed by atoms with Crippen molar-refractivity contribution in [3.63, 3.8) is 0 Å². The van der Waals surface area contributed by atoms with Crippen molar-refractivity contribution in [3.8, 4) is 0 Å². The van der Waals surface area contributed by atoms with E-state index in [1.54, 1.807) is 4.90 Å². The first-order chi connectivity index (χ1) is 16.6. The van der Waals surface area contributed by atoms with Crippen LogP contribution in [0.2, 0.25) is 0 Å². The number of nitrogens with one attached hydrogen (secondary N) is 1. The second-order valence-corrected chi connectivity index (χ2v) is 11.0. The highest BCUT2D eigenvalue weighted by atomic mass is 32.2. The van der Waals surface area contributed by atoms with Gasteiger partial charge in [0.2, 0.25) is 11.8 Å². The summed E-state index contributed by atoms with van der Waals surface area (Å²) in [7, 11) is 0. The van der Waals surface area contributed by atoms with Gasteiger partial charge in [-0.25, -0.2) is 0 Å². The van der Waals surface area contributed by atoms with Gasteiger partial charge in [0.25, 0.3) is 5.91 Å². The number of hydrogen-bond acceptors (Lipinski definition) is 5. The first kappa shape index (κ1) is 25.2. The Morgan fingerprint density at radius 3 is 2.44 bits per heavy atom. The second kappa shape index (κ2) is 12.7. The normalized spacial score (nSPS) is 21.8. The van der Waals surface area contributed by atoms with Crippen molar-refractivity contribution >= 4 is 29.5 Å². The number of benzene rings is 1. The van der Waals surface area contributed by atoms with Crippen LogP contribution in [0.3, 0.4) is 0 Å². The van der Waals surface area contributed by atoms with Gasteiger partial charge in [-0.3, -0.25) is 19.7 Å². The summed E-state index contributed by atoms with van der Waals surface area (Å²) in [5, 5.41) is 2.38. The van der Waals surface area contributed by atoms with Crippen LogP contribution in [0.15, 0.2) is 23.1 Å². The standard InChI is InChI=1S/C27H39N3O3S/c31-25-15-14-23(26(32)28-25)30-20-22-21(27(30)33)12-11-13-24(22)34-19-10-6-2-5-9-18-29-16-7-3-1-4-8-17-29/h11-13,23H,1-10,14-20H2,(H,28,31,32). The SMILES string of the molecule is O=C1CCC(N2Cc3c(SCCCCCCCN4CCCCCCC4)cccc3C2=O)C(=O)N1. The summed E-state index contributed by atoms with van der Waals surface area (Å²) in [5.41, 5.74) is 1.74. The van der Waals surface area contributed by atoms with Crippen molar-refractivity contribution in [2.24, 2.45) is 0 Å². The fourth-order valence-electron chi connectivity index (χ4n) is 5.38. The van der Waals surface area contributed by atoms with E-state index in [2.05, 4.69) is 16.3 Å². The molecule has 1 aromatic rings. The number of unbranched alkanes of at least 4 members (excludes halogenated alkanes) is 4. The van der Waals surface area contributed by atoms with Crippen LogP contribution in [0.4, 0.5) is 0 Å². The van der Waals surface area contributed by atoms with Crippen molar-refractivity contribution in [2.45, 2.75) is 94.5 Å². The maximum Gasteiger partial charge on any atom is 0.255 e. The molecular formula is C27H39N3O3S. The molecule has 0 bridgehead atoms. The monoisotopic (exact) mass is 485 g/mol. The number of carbonyl (C=O) groups excluding carboxylic acids is 3. The van der Waals surface area contributed by atoms with Crippen molar-refractivity contribution < 1.29 is 14.4 Å². The molecule has 1 aromatic carbocycles. The minimum absolute atomic E-state index is 0.0908. The number of hydrogen-bond donors (Lipinski definition) is 1. The van der Waals surface area contributed by atoms with Crippen molar-refractivity contribution in [1.29, 1.82) is 0 Å². The number of rotatable bonds is 10. The molecule has 3 amide bonds. The van der Waals surface area contributed by atoms with Gasteiger partial charge in [0.15, 0.2) is 0 Å². The Labute approximate surface area is 208 Å². The summed E-state index contributed by atoms with van der Waals surface area (Å²) in [6.45, 7) is 4.31. The first-order valence-corrected chi connectivity index (χ1v) is 14.2. The third-order valence-electron chi connectivity index (χ3n) is 7.36. The van der Waals surface area contributed by atoms with E-state index in [0.29, 0.717) is 18.5 Å². The zero-order chi connectivity index (χ0) is 23.8. The third-order valence-corrected chi connectivity index (χ3v) is 8.55. The van der Waals surface area contributed by atoms with Gasteiger partial charge in [0.1, 0.15) is 6.04 Å². The molecule has 186 valence electrons. The Kier molecular flexibility index (Phi) is 9.45. The molecule has 0 aromatic heterocycles. The van der Waals surface area contributed by atoms with Gasteiger partial charge in [-0.15, -0.1) is 11.8 Å². The van der Waals surface area contributed by atoms with Gasteiger partial charge in [0.05, 0.1) is 0 Å². The van der Waals surface area contributed by atoms with Gasteiger partial charge in [0, 0.05) is 23.4 Å². The minimum Gasteiger partial charge on any atom is -0.322 e. The van der Waals surface area contributed by atoms with Crippen LogP contribution in [-0.4, -0.2) is 59.0 Å².